The van der Waals surface area contributed by atoms with Crippen LogP contribution in [0.15, 0.2) is 24.3 Å². The van der Waals surface area contributed by atoms with Gasteiger partial charge in [-0.05, 0) is 37.3 Å². The number of rotatable bonds is 3. The second-order valence-corrected chi connectivity index (χ2v) is 7.44. The molecule has 0 aromatic heterocycles. The van der Waals surface area contributed by atoms with Crippen molar-refractivity contribution in [2.75, 3.05) is 5.75 Å². The molecule has 0 amide bonds. The minimum atomic E-state index is -3.11. The predicted octanol–water partition coefficient (Wildman–Crippen LogP) is 1.87. The lowest BCUT2D eigenvalue weighted by Crippen LogP contribution is -2.39. The van der Waals surface area contributed by atoms with Crippen LogP contribution in [0.2, 0.25) is 0 Å². The summed E-state index contributed by atoms with van der Waals surface area (Å²) in [5.41, 5.74) is 2.13. The van der Waals surface area contributed by atoms with E-state index in [4.69, 9.17) is 0 Å². The van der Waals surface area contributed by atoms with Crippen LogP contribution in [0.5, 0.6) is 0 Å². The van der Waals surface area contributed by atoms with Crippen molar-refractivity contribution in [1.29, 1.82) is 0 Å². The molecule has 3 nitrogen and oxygen atoms in total. The summed E-state index contributed by atoms with van der Waals surface area (Å²) in [6.07, 6.45) is 1.87. The van der Waals surface area contributed by atoms with Gasteiger partial charge in [0.05, 0.1) is 17.1 Å². The average molecular weight is 268 g/mol. The third-order valence-corrected chi connectivity index (χ3v) is 6.08. The van der Waals surface area contributed by atoms with Crippen molar-refractivity contribution in [3.05, 3.63) is 35.4 Å². The van der Waals surface area contributed by atoms with E-state index in [-0.39, 0.29) is 5.75 Å². The van der Waals surface area contributed by atoms with Crippen LogP contribution < -0.4 is 0 Å². The quantitative estimate of drug-likeness (QED) is 0.910. The molecular formula is C14H20O3S. The topological polar surface area (TPSA) is 54.4 Å². The van der Waals surface area contributed by atoms with Crippen LogP contribution >= 0.6 is 0 Å². The highest BCUT2D eigenvalue weighted by Gasteiger charge is 2.34. The van der Waals surface area contributed by atoms with E-state index >= 15 is 0 Å². The zero-order valence-electron chi connectivity index (χ0n) is 10.7. The van der Waals surface area contributed by atoms with Gasteiger partial charge < -0.3 is 5.11 Å². The molecule has 1 fully saturated rings. The molecule has 0 spiro atoms. The number of hydrogen-bond acceptors (Lipinski definition) is 3. The highest BCUT2D eigenvalue weighted by Crippen LogP contribution is 2.24. The third kappa shape index (κ3) is 2.93. The summed E-state index contributed by atoms with van der Waals surface area (Å²) < 4.78 is 23.9. The first-order chi connectivity index (χ1) is 8.50. The van der Waals surface area contributed by atoms with Crippen LogP contribution in [-0.2, 0) is 16.3 Å². The van der Waals surface area contributed by atoms with E-state index in [0.29, 0.717) is 12.8 Å². The van der Waals surface area contributed by atoms with Gasteiger partial charge in [0.2, 0.25) is 0 Å². The summed E-state index contributed by atoms with van der Waals surface area (Å²) >= 11 is 0. The Morgan fingerprint density at radius 2 is 2.06 bits per heavy atom. The van der Waals surface area contributed by atoms with Crippen LogP contribution in [0.1, 0.15) is 30.4 Å². The third-order valence-electron chi connectivity index (χ3n) is 3.75. The molecule has 2 atom stereocenters. The lowest BCUT2D eigenvalue weighted by Gasteiger charge is -2.27. The minimum absolute atomic E-state index is 0.225. The SMILES string of the molecule is Cc1ccccc1CC(O)C1CCCCS1(=O)=O. The Hall–Kier alpha value is -0.870. The van der Waals surface area contributed by atoms with E-state index < -0.39 is 21.2 Å². The Balaban J connectivity index is 2.12. The largest absolute Gasteiger partial charge is 0.391 e. The standard InChI is InChI=1S/C14H20O3S/c1-11-6-2-3-7-12(11)10-13(15)14-8-4-5-9-18(14,16)17/h2-3,6-7,13-15H,4-5,8-10H2,1H3. The van der Waals surface area contributed by atoms with E-state index in [2.05, 4.69) is 0 Å². The van der Waals surface area contributed by atoms with Crippen LogP contribution in [0.4, 0.5) is 0 Å². The van der Waals surface area contributed by atoms with Gasteiger partial charge in [0.1, 0.15) is 0 Å². The summed E-state index contributed by atoms with van der Waals surface area (Å²) in [4.78, 5) is 0. The van der Waals surface area contributed by atoms with Crippen molar-refractivity contribution in [2.45, 2.75) is 44.0 Å². The Bertz CT molecular complexity index is 508. The van der Waals surface area contributed by atoms with Crippen molar-refractivity contribution in [2.24, 2.45) is 0 Å². The number of benzene rings is 1. The molecule has 0 aliphatic carbocycles. The van der Waals surface area contributed by atoms with Gasteiger partial charge in [-0.2, -0.15) is 0 Å². The lowest BCUT2D eigenvalue weighted by molar-refractivity contribution is 0.162. The molecule has 2 rings (SSSR count). The molecule has 1 N–H and O–H groups in total. The fraction of sp³-hybridized carbons (Fsp3) is 0.571. The van der Waals surface area contributed by atoms with Crippen LogP contribution in [0.25, 0.3) is 0 Å². The summed E-state index contributed by atoms with van der Waals surface area (Å²) in [7, 11) is -3.11. The van der Waals surface area contributed by atoms with Gasteiger partial charge in [-0.1, -0.05) is 30.7 Å². The molecule has 2 unspecified atom stereocenters. The van der Waals surface area contributed by atoms with E-state index in [1.54, 1.807) is 0 Å². The maximum Gasteiger partial charge on any atom is 0.155 e. The highest BCUT2D eigenvalue weighted by atomic mass is 32.2. The molecular weight excluding hydrogens is 248 g/mol. The van der Waals surface area contributed by atoms with Crippen LogP contribution in [0.3, 0.4) is 0 Å². The highest BCUT2D eigenvalue weighted by molar-refractivity contribution is 7.92. The first kappa shape index (κ1) is 13.6. The molecule has 1 heterocycles. The van der Waals surface area contributed by atoms with Crippen LogP contribution in [-0.4, -0.2) is 30.6 Å². The molecule has 0 bridgehead atoms. The summed E-state index contributed by atoms with van der Waals surface area (Å²) in [6.45, 7) is 1.98. The Morgan fingerprint density at radius 1 is 1.33 bits per heavy atom. The fourth-order valence-electron chi connectivity index (χ4n) is 2.61. The van der Waals surface area contributed by atoms with Gasteiger partial charge in [0.25, 0.3) is 0 Å². The summed E-state index contributed by atoms with van der Waals surface area (Å²) in [5, 5.41) is 9.63. The molecule has 1 aliphatic heterocycles. The number of hydrogen-bond donors (Lipinski definition) is 1. The van der Waals surface area contributed by atoms with E-state index in [0.717, 1.165) is 24.0 Å². The Kier molecular flexibility index (Phi) is 4.07. The van der Waals surface area contributed by atoms with Crippen molar-refractivity contribution in [3.8, 4) is 0 Å². The molecule has 0 saturated carbocycles. The average Bonchev–Trinajstić information content (AvgIpc) is 2.31. The number of aliphatic hydroxyl groups excluding tert-OH is 1. The van der Waals surface area contributed by atoms with E-state index in [1.165, 1.54) is 0 Å². The molecule has 1 aliphatic rings. The van der Waals surface area contributed by atoms with Gasteiger partial charge in [-0.25, -0.2) is 8.42 Å². The normalized spacial score (nSPS) is 24.7. The van der Waals surface area contributed by atoms with Crippen molar-refractivity contribution in [3.63, 3.8) is 0 Å². The molecule has 1 aromatic rings. The van der Waals surface area contributed by atoms with Gasteiger partial charge in [-0.3, -0.25) is 0 Å². The molecule has 1 saturated heterocycles. The summed E-state index contributed by atoms with van der Waals surface area (Å²) in [6, 6.07) is 7.80. The predicted molar refractivity (Wildman–Crippen MR) is 72.3 cm³/mol. The number of sulfone groups is 1. The molecule has 0 radical (unpaired) electrons. The van der Waals surface area contributed by atoms with Crippen molar-refractivity contribution in [1.82, 2.24) is 0 Å². The van der Waals surface area contributed by atoms with Crippen LogP contribution in [0, 0.1) is 6.92 Å². The van der Waals surface area contributed by atoms with Gasteiger partial charge in [-0.15, -0.1) is 0 Å². The summed E-state index contributed by atoms with van der Waals surface area (Å²) in [5.74, 6) is 0.225. The van der Waals surface area contributed by atoms with Gasteiger partial charge >= 0.3 is 0 Å². The number of aryl methyl sites for hydroxylation is 1. The first-order valence-electron chi connectivity index (χ1n) is 6.45. The first-order valence-corrected chi connectivity index (χ1v) is 8.16. The zero-order valence-corrected chi connectivity index (χ0v) is 11.5. The lowest BCUT2D eigenvalue weighted by atomic mass is 9.99. The Labute approximate surface area is 109 Å². The monoisotopic (exact) mass is 268 g/mol. The molecule has 1 aromatic carbocycles. The second-order valence-electron chi connectivity index (χ2n) is 5.10. The van der Waals surface area contributed by atoms with Crippen molar-refractivity contribution < 1.29 is 13.5 Å². The van der Waals surface area contributed by atoms with Crippen molar-refractivity contribution >= 4 is 9.84 Å². The zero-order chi connectivity index (χ0) is 13.2. The minimum Gasteiger partial charge on any atom is -0.391 e. The maximum atomic E-state index is 11.9. The Morgan fingerprint density at radius 3 is 2.72 bits per heavy atom. The second kappa shape index (κ2) is 5.41. The van der Waals surface area contributed by atoms with E-state index in [9.17, 15) is 13.5 Å². The molecule has 4 heteroatoms. The number of aliphatic hydroxyl groups is 1. The van der Waals surface area contributed by atoms with E-state index in [1.807, 2.05) is 31.2 Å². The fourth-order valence-corrected chi connectivity index (χ4v) is 4.62. The smallest absolute Gasteiger partial charge is 0.155 e. The van der Waals surface area contributed by atoms with Gasteiger partial charge in [0, 0.05) is 0 Å². The molecule has 18 heavy (non-hydrogen) atoms. The van der Waals surface area contributed by atoms with Gasteiger partial charge in [0.15, 0.2) is 9.84 Å². The molecule has 100 valence electrons. The maximum absolute atomic E-state index is 11.9.